The molecule has 0 amide bonds. The van der Waals surface area contributed by atoms with E-state index < -0.39 is 0 Å². The Morgan fingerprint density at radius 2 is 2.00 bits per heavy atom. The normalized spacial score (nSPS) is 12.6. The van der Waals surface area contributed by atoms with Crippen molar-refractivity contribution in [3.63, 3.8) is 0 Å². The summed E-state index contributed by atoms with van der Waals surface area (Å²) in [5, 5.41) is 0.659. The summed E-state index contributed by atoms with van der Waals surface area (Å²) in [7, 11) is 2.07. The lowest BCUT2D eigenvalue weighted by atomic mass is 10.0. The maximum Gasteiger partial charge on any atom is 0.106 e. The van der Waals surface area contributed by atoms with E-state index in [0.717, 1.165) is 17.7 Å². The van der Waals surface area contributed by atoms with E-state index in [1.165, 1.54) is 0 Å². The molecule has 0 aromatic heterocycles. The highest BCUT2D eigenvalue weighted by molar-refractivity contribution is 7.80. The van der Waals surface area contributed by atoms with E-state index in [1.807, 2.05) is 18.2 Å². The Morgan fingerprint density at radius 1 is 1.39 bits per heavy atom. The van der Waals surface area contributed by atoms with Gasteiger partial charge in [0.2, 0.25) is 0 Å². The van der Waals surface area contributed by atoms with E-state index in [2.05, 4.69) is 32.7 Å². The van der Waals surface area contributed by atoms with Crippen molar-refractivity contribution in [3.8, 4) is 0 Å². The molecule has 0 aliphatic carbocycles. The average molecular weight is 285 g/mol. The lowest BCUT2D eigenvalue weighted by Gasteiger charge is -2.30. The zero-order valence-corrected chi connectivity index (χ0v) is 13.0. The van der Waals surface area contributed by atoms with Crippen molar-refractivity contribution in [1.82, 2.24) is 0 Å². The first-order chi connectivity index (χ1) is 8.32. The van der Waals surface area contributed by atoms with Gasteiger partial charge in [0, 0.05) is 29.4 Å². The van der Waals surface area contributed by atoms with Gasteiger partial charge in [0.1, 0.15) is 4.99 Å². The van der Waals surface area contributed by atoms with Crippen LogP contribution in [0.1, 0.15) is 32.8 Å². The molecule has 0 saturated carbocycles. The van der Waals surface area contributed by atoms with Crippen LogP contribution in [0.5, 0.6) is 0 Å². The van der Waals surface area contributed by atoms with E-state index in [0.29, 0.717) is 22.0 Å². The van der Waals surface area contributed by atoms with Crippen molar-refractivity contribution in [1.29, 1.82) is 0 Å². The van der Waals surface area contributed by atoms with Crippen LogP contribution in [0.4, 0.5) is 5.69 Å². The summed E-state index contributed by atoms with van der Waals surface area (Å²) in [6.07, 6.45) is 1.12. The van der Waals surface area contributed by atoms with Crippen molar-refractivity contribution in [2.75, 3.05) is 11.9 Å². The molecule has 4 heteroatoms. The van der Waals surface area contributed by atoms with Crippen LogP contribution in [0.15, 0.2) is 18.2 Å². The van der Waals surface area contributed by atoms with Gasteiger partial charge in [-0.15, -0.1) is 0 Å². The average Bonchev–Trinajstić information content (AvgIpc) is 2.26. The van der Waals surface area contributed by atoms with Gasteiger partial charge in [0.15, 0.2) is 0 Å². The van der Waals surface area contributed by atoms with E-state index in [4.69, 9.17) is 29.6 Å². The zero-order chi connectivity index (χ0) is 13.9. The third kappa shape index (κ3) is 3.85. The summed E-state index contributed by atoms with van der Waals surface area (Å²) in [4.78, 5) is 2.60. The highest BCUT2D eigenvalue weighted by Crippen LogP contribution is 2.26. The largest absolute Gasteiger partial charge is 0.389 e. The molecule has 0 spiro atoms. The maximum atomic E-state index is 6.00. The number of hydrogen-bond donors (Lipinski definition) is 1. The monoisotopic (exact) mass is 284 g/mol. The SMILES string of the molecule is CC(C)CC(C)N(C)c1ccc(Cl)cc1C(N)=S. The third-order valence-electron chi connectivity index (χ3n) is 3.08. The predicted molar refractivity (Wildman–Crippen MR) is 84.7 cm³/mol. The summed E-state index contributed by atoms with van der Waals surface area (Å²) in [5.41, 5.74) is 7.65. The fraction of sp³-hybridized carbons (Fsp3) is 0.500. The summed E-state index contributed by atoms with van der Waals surface area (Å²) in [6.45, 7) is 6.65. The second-order valence-electron chi connectivity index (χ2n) is 5.12. The predicted octanol–water partition coefficient (Wildman–Crippen LogP) is 3.85. The molecule has 0 aliphatic rings. The molecular weight excluding hydrogens is 264 g/mol. The second-order valence-corrected chi connectivity index (χ2v) is 5.99. The van der Waals surface area contributed by atoms with Crippen LogP contribution in [0, 0.1) is 5.92 Å². The van der Waals surface area contributed by atoms with Gasteiger partial charge in [-0.3, -0.25) is 0 Å². The van der Waals surface area contributed by atoms with Gasteiger partial charge in [-0.25, -0.2) is 0 Å². The van der Waals surface area contributed by atoms with Crippen LogP contribution in [-0.4, -0.2) is 18.1 Å². The Bertz CT molecular complexity index is 432. The number of nitrogens with two attached hydrogens (primary N) is 1. The molecule has 0 aliphatic heterocycles. The first-order valence-corrected chi connectivity index (χ1v) is 6.93. The van der Waals surface area contributed by atoms with Gasteiger partial charge in [-0.05, 0) is 37.5 Å². The fourth-order valence-electron chi connectivity index (χ4n) is 2.09. The molecule has 2 N–H and O–H groups in total. The van der Waals surface area contributed by atoms with Crippen molar-refractivity contribution < 1.29 is 0 Å². The van der Waals surface area contributed by atoms with Crippen LogP contribution in [0.2, 0.25) is 5.02 Å². The highest BCUT2D eigenvalue weighted by Gasteiger charge is 2.16. The molecule has 0 saturated heterocycles. The molecule has 1 atom stereocenters. The number of hydrogen-bond acceptors (Lipinski definition) is 2. The number of nitrogens with zero attached hydrogens (tertiary/aromatic N) is 1. The standard InChI is InChI=1S/C14H21ClN2S/c1-9(2)7-10(3)17(4)13-6-5-11(15)8-12(13)14(16)18/h5-6,8-10H,7H2,1-4H3,(H2,16,18). The first kappa shape index (κ1) is 15.3. The molecule has 1 rings (SSSR count). The molecule has 0 bridgehead atoms. The van der Waals surface area contributed by atoms with E-state index in [9.17, 15) is 0 Å². The Kier molecular flexibility index (Phi) is 5.42. The molecule has 1 aromatic carbocycles. The maximum absolute atomic E-state index is 6.00. The summed E-state index contributed by atoms with van der Waals surface area (Å²) in [5.74, 6) is 0.656. The smallest absolute Gasteiger partial charge is 0.106 e. The van der Waals surface area contributed by atoms with E-state index >= 15 is 0 Å². The lowest BCUT2D eigenvalue weighted by molar-refractivity contribution is 0.504. The summed E-state index contributed by atoms with van der Waals surface area (Å²) in [6, 6.07) is 6.11. The topological polar surface area (TPSA) is 29.3 Å². The molecule has 2 nitrogen and oxygen atoms in total. The minimum atomic E-state index is 0.385. The Hall–Kier alpha value is -0.800. The van der Waals surface area contributed by atoms with Gasteiger partial charge in [0.05, 0.1) is 0 Å². The molecule has 18 heavy (non-hydrogen) atoms. The van der Waals surface area contributed by atoms with Crippen molar-refractivity contribution in [3.05, 3.63) is 28.8 Å². The zero-order valence-electron chi connectivity index (χ0n) is 11.4. The van der Waals surface area contributed by atoms with Crippen molar-refractivity contribution in [2.24, 2.45) is 11.7 Å². The molecule has 100 valence electrons. The fourth-order valence-corrected chi connectivity index (χ4v) is 2.43. The molecule has 0 fully saturated rings. The number of thiocarbonyl (C=S) groups is 1. The first-order valence-electron chi connectivity index (χ1n) is 6.15. The van der Waals surface area contributed by atoms with Crippen LogP contribution in [0.3, 0.4) is 0 Å². The number of benzene rings is 1. The van der Waals surface area contributed by atoms with Crippen molar-refractivity contribution >= 4 is 34.5 Å². The van der Waals surface area contributed by atoms with Gasteiger partial charge in [-0.2, -0.15) is 0 Å². The third-order valence-corrected chi connectivity index (χ3v) is 3.53. The van der Waals surface area contributed by atoms with Crippen LogP contribution >= 0.6 is 23.8 Å². The van der Waals surface area contributed by atoms with Gasteiger partial charge < -0.3 is 10.6 Å². The molecular formula is C14H21ClN2S. The molecule has 0 radical (unpaired) electrons. The minimum absolute atomic E-state index is 0.385. The Morgan fingerprint density at radius 3 is 2.50 bits per heavy atom. The molecule has 1 aromatic rings. The number of rotatable bonds is 5. The quantitative estimate of drug-likeness (QED) is 0.833. The van der Waals surface area contributed by atoms with Crippen LogP contribution in [-0.2, 0) is 0 Å². The molecule has 0 heterocycles. The van der Waals surface area contributed by atoms with Gasteiger partial charge >= 0.3 is 0 Å². The van der Waals surface area contributed by atoms with E-state index in [-0.39, 0.29) is 0 Å². The van der Waals surface area contributed by atoms with Crippen LogP contribution < -0.4 is 10.6 Å². The number of halogens is 1. The Labute approximate surface area is 120 Å². The minimum Gasteiger partial charge on any atom is -0.389 e. The molecule has 1 unspecified atom stereocenters. The lowest BCUT2D eigenvalue weighted by Crippen LogP contribution is -2.31. The van der Waals surface area contributed by atoms with E-state index in [1.54, 1.807) is 0 Å². The van der Waals surface area contributed by atoms with Crippen LogP contribution in [0.25, 0.3) is 0 Å². The highest BCUT2D eigenvalue weighted by atomic mass is 35.5. The Balaban J connectivity index is 3.04. The number of anilines is 1. The van der Waals surface area contributed by atoms with Gasteiger partial charge in [0.25, 0.3) is 0 Å². The summed E-state index contributed by atoms with van der Waals surface area (Å²) >= 11 is 11.1. The second kappa shape index (κ2) is 6.39. The summed E-state index contributed by atoms with van der Waals surface area (Å²) < 4.78 is 0. The van der Waals surface area contributed by atoms with Crippen molar-refractivity contribution in [2.45, 2.75) is 33.2 Å². The van der Waals surface area contributed by atoms with Gasteiger partial charge in [-0.1, -0.05) is 37.7 Å².